The summed E-state index contributed by atoms with van der Waals surface area (Å²) >= 11 is 7.98. The molecule has 3 rings (SSSR count). The molecule has 0 atom stereocenters. The molecule has 0 aromatic heterocycles. The van der Waals surface area contributed by atoms with Crippen LogP contribution >= 0.6 is 17.2 Å². The third-order valence-electron chi connectivity index (χ3n) is 5.32. The average Bonchev–Trinajstić information content (AvgIpc) is 2.73. The first-order chi connectivity index (χ1) is 12.7. The van der Waals surface area contributed by atoms with E-state index in [9.17, 15) is 0 Å². The fourth-order valence-corrected chi connectivity index (χ4v) is 10.1. The predicted octanol–water partition coefficient (Wildman–Crippen LogP) is 6.25. The van der Waals surface area contributed by atoms with E-state index in [2.05, 4.69) is 97.9 Å². The Morgan fingerprint density at radius 3 is 1.31 bits per heavy atom. The fraction of sp³-hybridized carbons (Fsp3) is 0.250. The van der Waals surface area contributed by atoms with Gasteiger partial charge in [-0.3, -0.25) is 0 Å². The predicted molar refractivity (Wildman–Crippen MR) is 120 cm³/mol. The van der Waals surface area contributed by atoms with Gasteiger partial charge >= 0.3 is 163 Å². The van der Waals surface area contributed by atoms with Gasteiger partial charge in [0.2, 0.25) is 0 Å². The van der Waals surface area contributed by atoms with Crippen LogP contribution in [0.1, 0.15) is 32.6 Å². The van der Waals surface area contributed by atoms with E-state index in [4.69, 9.17) is 11.2 Å². The Bertz CT molecular complexity index is 700. The Labute approximate surface area is 163 Å². The number of hydrogen-bond acceptors (Lipinski definition) is 0. The van der Waals surface area contributed by atoms with E-state index in [0.29, 0.717) is 0 Å². The zero-order valence-electron chi connectivity index (χ0n) is 15.5. The van der Waals surface area contributed by atoms with Gasteiger partial charge in [-0.1, -0.05) is 0 Å². The molecule has 136 valence electrons. The molecule has 0 aliphatic carbocycles. The van der Waals surface area contributed by atoms with Gasteiger partial charge < -0.3 is 0 Å². The number of hydrogen-bond donors (Lipinski definition) is 0. The molecule has 0 nitrogen and oxygen atoms in total. The Kier molecular flexibility index (Phi) is 6.17. The van der Waals surface area contributed by atoms with Crippen LogP contribution in [0.25, 0.3) is 0 Å². The van der Waals surface area contributed by atoms with Crippen molar-refractivity contribution in [2.45, 2.75) is 32.6 Å². The molecule has 0 N–H and O–H groups in total. The summed E-state index contributed by atoms with van der Waals surface area (Å²) in [5, 5.41) is 3.82. The van der Waals surface area contributed by atoms with Crippen molar-refractivity contribution < 1.29 is 0 Å². The van der Waals surface area contributed by atoms with E-state index >= 15 is 0 Å². The van der Waals surface area contributed by atoms with E-state index in [0.717, 1.165) is 12.6 Å². The van der Waals surface area contributed by atoms with Gasteiger partial charge in [-0.15, -0.1) is 0 Å². The van der Waals surface area contributed by atoms with Gasteiger partial charge in [0.05, 0.1) is 0 Å². The maximum atomic E-state index is 7.98. The third kappa shape index (κ3) is 3.46. The first kappa shape index (κ1) is 19.2. The van der Waals surface area contributed by atoms with Crippen molar-refractivity contribution in [2.24, 2.45) is 0 Å². The van der Waals surface area contributed by atoms with E-state index in [-0.39, 0.29) is 0 Å². The monoisotopic (exact) mass is 382 g/mol. The molecule has 0 unspecified atom stereocenters. The second-order valence-electron chi connectivity index (χ2n) is 6.97. The van der Waals surface area contributed by atoms with Crippen LogP contribution in [0.15, 0.2) is 91.0 Å². The van der Waals surface area contributed by atoms with Crippen molar-refractivity contribution in [3.63, 3.8) is 0 Å². The van der Waals surface area contributed by atoms with Gasteiger partial charge in [0, 0.05) is 0 Å². The molecule has 0 amide bonds. The van der Waals surface area contributed by atoms with Crippen molar-refractivity contribution in [3.05, 3.63) is 91.0 Å². The first-order valence-corrected chi connectivity index (χ1v) is 12.9. The Morgan fingerprint density at radius 1 is 0.577 bits per heavy atom. The molecular formula is C24H28ClP. The van der Waals surface area contributed by atoms with Gasteiger partial charge in [0.15, 0.2) is 0 Å². The standard InChI is InChI=1S/C24H28ClP/c1-2-3-4-14-21-26(25,22-15-8-5-9-16-22,23-17-10-6-11-18-23)24-19-12-7-13-20-24/h5-13,15-20H,2-4,14,21H2,1H3. The summed E-state index contributed by atoms with van der Waals surface area (Å²) in [6, 6.07) is 32.3. The number of rotatable bonds is 8. The average molecular weight is 383 g/mol. The fourth-order valence-electron chi connectivity index (χ4n) is 3.89. The molecule has 0 aliphatic rings. The normalized spacial score (nSPS) is 13.1. The van der Waals surface area contributed by atoms with Crippen molar-refractivity contribution in [3.8, 4) is 0 Å². The first-order valence-electron chi connectivity index (χ1n) is 9.60. The van der Waals surface area contributed by atoms with Crippen LogP contribution in [0.5, 0.6) is 0 Å². The zero-order valence-corrected chi connectivity index (χ0v) is 17.2. The summed E-state index contributed by atoms with van der Waals surface area (Å²) in [4.78, 5) is 0. The van der Waals surface area contributed by atoms with Crippen LogP contribution in [0.2, 0.25) is 0 Å². The van der Waals surface area contributed by atoms with Gasteiger partial charge in [0.25, 0.3) is 0 Å². The van der Waals surface area contributed by atoms with Crippen molar-refractivity contribution in [2.75, 3.05) is 6.16 Å². The van der Waals surface area contributed by atoms with E-state index in [1.54, 1.807) is 0 Å². The minimum atomic E-state index is -3.01. The molecule has 2 heteroatoms. The molecule has 0 saturated carbocycles. The molecular weight excluding hydrogens is 355 g/mol. The second-order valence-corrected chi connectivity index (χ2v) is 13.6. The van der Waals surface area contributed by atoms with E-state index in [1.807, 2.05) is 0 Å². The Morgan fingerprint density at radius 2 is 0.962 bits per heavy atom. The molecule has 3 aromatic rings. The summed E-state index contributed by atoms with van der Waals surface area (Å²) in [6.07, 6.45) is 5.88. The van der Waals surface area contributed by atoms with Crippen LogP contribution in [0, 0.1) is 0 Å². The van der Waals surface area contributed by atoms with Crippen LogP contribution < -0.4 is 15.9 Å². The minimum absolute atomic E-state index is 1.01. The second kappa shape index (κ2) is 8.38. The molecule has 0 bridgehead atoms. The van der Waals surface area contributed by atoms with Crippen LogP contribution in [0.4, 0.5) is 0 Å². The summed E-state index contributed by atoms with van der Waals surface area (Å²) in [5.74, 6) is -3.01. The number of unbranched alkanes of at least 4 members (excludes halogenated alkanes) is 3. The van der Waals surface area contributed by atoms with Crippen LogP contribution in [0.3, 0.4) is 0 Å². The van der Waals surface area contributed by atoms with Crippen molar-refractivity contribution >= 4 is 33.1 Å². The zero-order chi connectivity index (χ0) is 18.3. The molecule has 0 saturated heterocycles. The number of halogens is 1. The molecule has 3 aromatic carbocycles. The van der Waals surface area contributed by atoms with Gasteiger partial charge in [-0.2, -0.15) is 0 Å². The SMILES string of the molecule is CCCCCCP(Cl)(c1ccccc1)(c1ccccc1)c1ccccc1. The molecule has 0 heterocycles. The molecule has 0 aliphatic heterocycles. The third-order valence-corrected chi connectivity index (χ3v) is 12.9. The van der Waals surface area contributed by atoms with Gasteiger partial charge in [-0.05, 0) is 0 Å². The van der Waals surface area contributed by atoms with Crippen molar-refractivity contribution in [1.82, 2.24) is 0 Å². The van der Waals surface area contributed by atoms with Crippen LogP contribution in [-0.2, 0) is 0 Å². The summed E-state index contributed by atoms with van der Waals surface area (Å²) in [7, 11) is 0. The van der Waals surface area contributed by atoms with Gasteiger partial charge in [0.1, 0.15) is 0 Å². The topological polar surface area (TPSA) is 0 Å². The summed E-state index contributed by atoms with van der Waals surface area (Å²) < 4.78 is 0. The van der Waals surface area contributed by atoms with E-state index in [1.165, 1.54) is 35.2 Å². The maximum absolute atomic E-state index is 7.98. The summed E-state index contributed by atoms with van der Waals surface area (Å²) in [5.41, 5.74) is 0. The molecule has 0 radical (unpaired) electrons. The summed E-state index contributed by atoms with van der Waals surface area (Å²) in [6.45, 7) is 2.26. The van der Waals surface area contributed by atoms with E-state index < -0.39 is 5.96 Å². The Hall–Kier alpha value is -1.62. The molecule has 0 spiro atoms. The quantitative estimate of drug-likeness (QED) is 0.319. The Balaban J connectivity index is 2.24. The molecule has 26 heavy (non-hydrogen) atoms. The number of benzene rings is 3. The van der Waals surface area contributed by atoms with Crippen LogP contribution in [-0.4, -0.2) is 6.16 Å². The molecule has 0 fully saturated rings. The van der Waals surface area contributed by atoms with Gasteiger partial charge in [-0.25, -0.2) is 0 Å². The van der Waals surface area contributed by atoms with Crippen molar-refractivity contribution in [1.29, 1.82) is 0 Å².